The summed E-state index contributed by atoms with van der Waals surface area (Å²) in [4.78, 5) is 11.8. The molecule has 148 valence electrons. The fraction of sp³-hybridized carbons (Fsp3) is 0.316. The zero-order valence-electron chi connectivity index (χ0n) is 16.1. The van der Waals surface area contributed by atoms with Gasteiger partial charge in [-0.2, -0.15) is 0 Å². The minimum atomic E-state index is -0.329. The number of benzene rings is 1. The lowest BCUT2D eigenvalue weighted by Gasteiger charge is -2.16. The Morgan fingerprint density at radius 3 is 2.43 bits per heavy atom. The summed E-state index contributed by atoms with van der Waals surface area (Å²) in [6, 6.07) is 9.12. The van der Waals surface area contributed by atoms with Crippen LogP contribution in [0.1, 0.15) is 12.7 Å². The molecule has 0 N–H and O–H groups in total. The van der Waals surface area contributed by atoms with Crippen molar-refractivity contribution in [2.24, 2.45) is 0 Å². The molecule has 3 rings (SSSR count). The average Bonchev–Trinajstić information content (AvgIpc) is 3.31. The molecular formula is C19H21N3O5S. The highest BCUT2D eigenvalue weighted by Gasteiger charge is 2.24. The van der Waals surface area contributed by atoms with Gasteiger partial charge in [0.2, 0.25) is 5.82 Å². The Bertz CT molecular complexity index is 944. The number of aryl methyl sites for hydroxylation is 1. The Hall–Kier alpha value is -2.94. The second-order valence-corrected chi connectivity index (χ2v) is 6.60. The number of thioether (sulfide) groups is 1. The molecule has 0 fully saturated rings. The normalized spacial score (nSPS) is 10.7. The maximum atomic E-state index is 11.8. The summed E-state index contributed by atoms with van der Waals surface area (Å²) < 4.78 is 23.6. The average molecular weight is 403 g/mol. The Kier molecular flexibility index (Phi) is 6.25. The standard InChI is InChI=1S/C19H21N3O5S/c1-5-26-16(23)11-28-19-21-20-18(15-10-9-12(2)27-15)22(19)17-13(24-3)7-6-8-14(17)25-4/h6-10H,5,11H2,1-4H3. The molecule has 0 aliphatic heterocycles. The number of nitrogens with zero attached hydrogens (tertiary/aromatic N) is 3. The molecule has 2 heterocycles. The molecule has 0 saturated carbocycles. The molecule has 0 spiro atoms. The largest absolute Gasteiger partial charge is 0.494 e. The fourth-order valence-electron chi connectivity index (χ4n) is 2.66. The quantitative estimate of drug-likeness (QED) is 0.417. The molecule has 2 aromatic heterocycles. The van der Waals surface area contributed by atoms with Crippen molar-refractivity contribution in [3.05, 3.63) is 36.1 Å². The van der Waals surface area contributed by atoms with Crippen molar-refractivity contribution < 1.29 is 23.4 Å². The van der Waals surface area contributed by atoms with Crippen LogP contribution in [0.25, 0.3) is 17.3 Å². The molecule has 0 saturated heterocycles. The number of rotatable bonds is 8. The van der Waals surface area contributed by atoms with E-state index in [1.54, 1.807) is 25.7 Å². The monoisotopic (exact) mass is 403 g/mol. The third-order valence-corrected chi connectivity index (χ3v) is 4.75. The van der Waals surface area contributed by atoms with Gasteiger partial charge in [0.05, 0.1) is 26.6 Å². The summed E-state index contributed by atoms with van der Waals surface area (Å²) in [5, 5.41) is 9.03. The third kappa shape index (κ3) is 3.99. The van der Waals surface area contributed by atoms with Gasteiger partial charge in [0, 0.05) is 0 Å². The first-order valence-electron chi connectivity index (χ1n) is 8.61. The maximum Gasteiger partial charge on any atom is 0.316 e. The lowest BCUT2D eigenvalue weighted by atomic mass is 10.2. The number of carbonyl (C=O) groups excluding carboxylic acids is 1. The predicted molar refractivity (Wildman–Crippen MR) is 104 cm³/mol. The summed E-state index contributed by atoms with van der Waals surface area (Å²) >= 11 is 1.21. The highest BCUT2D eigenvalue weighted by atomic mass is 32.2. The first kappa shape index (κ1) is 19.8. The van der Waals surface area contributed by atoms with Gasteiger partial charge in [0.15, 0.2) is 10.9 Å². The number of hydrogen-bond donors (Lipinski definition) is 0. The van der Waals surface area contributed by atoms with E-state index in [9.17, 15) is 4.79 Å². The van der Waals surface area contributed by atoms with Crippen LogP contribution in [0.15, 0.2) is 39.9 Å². The Morgan fingerprint density at radius 2 is 1.86 bits per heavy atom. The molecule has 0 unspecified atom stereocenters. The lowest BCUT2D eigenvalue weighted by Crippen LogP contribution is -2.09. The number of methoxy groups -OCH3 is 2. The Balaban J connectivity index is 2.14. The lowest BCUT2D eigenvalue weighted by molar-refractivity contribution is -0.139. The minimum absolute atomic E-state index is 0.0978. The van der Waals surface area contributed by atoms with Crippen molar-refractivity contribution in [1.82, 2.24) is 14.8 Å². The van der Waals surface area contributed by atoms with Gasteiger partial charge in [0.25, 0.3) is 0 Å². The molecular weight excluding hydrogens is 382 g/mol. The molecule has 0 atom stereocenters. The van der Waals surface area contributed by atoms with E-state index in [0.717, 1.165) is 5.76 Å². The number of hydrogen-bond acceptors (Lipinski definition) is 8. The summed E-state index contributed by atoms with van der Waals surface area (Å²) in [6.45, 7) is 3.94. The molecule has 0 aliphatic carbocycles. The van der Waals surface area contributed by atoms with Gasteiger partial charge in [-0.25, -0.2) is 0 Å². The molecule has 0 radical (unpaired) electrons. The Labute approximate surface area is 166 Å². The molecule has 28 heavy (non-hydrogen) atoms. The minimum Gasteiger partial charge on any atom is -0.494 e. The number of esters is 1. The van der Waals surface area contributed by atoms with Gasteiger partial charge in [-0.1, -0.05) is 17.8 Å². The number of furan rings is 1. The Morgan fingerprint density at radius 1 is 1.14 bits per heavy atom. The van der Waals surface area contributed by atoms with E-state index in [1.807, 2.05) is 37.3 Å². The smallest absolute Gasteiger partial charge is 0.316 e. The van der Waals surface area contributed by atoms with Crippen LogP contribution in [0.4, 0.5) is 0 Å². The van der Waals surface area contributed by atoms with Crippen LogP contribution >= 0.6 is 11.8 Å². The van der Waals surface area contributed by atoms with Crippen molar-refractivity contribution in [3.8, 4) is 28.8 Å². The second kappa shape index (κ2) is 8.83. The van der Waals surface area contributed by atoms with Crippen LogP contribution in [0.5, 0.6) is 11.5 Å². The summed E-state index contributed by atoms with van der Waals surface area (Å²) in [5.74, 6) is 2.67. The van der Waals surface area contributed by atoms with Crippen LogP contribution < -0.4 is 9.47 Å². The molecule has 1 aromatic carbocycles. The molecule has 9 heteroatoms. The number of ether oxygens (including phenoxy) is 3. The van der Waals surface area contributed by atoms with Gasteiger partial charge in [-0.15, -0.1) is 10.2 Å². The molecule has 0 aliphatic rings. The molecule has 3 aromatic rings. The highest BCUT2D eigenvalue weighted by molar-refractivity contribution is 7.99. The first-order chi connectivity index (χ1) is 13.6. The van der Waals surface area contributed by atoms with Crippen LogP contribution in [0.2, 0.25) is 0 Å². The maximum absolute atomic E-state index is 11.8. The van der Waals surface area contributed by atoms with E-state index >= 15 is 0 Å². The summed E-state index contributed by atoms with van der Waals surface area (Å²) in [7, 11) is 3.15. The zero-order valence-corrected chi connectivity index (χ0v) is 16.9. The van der Waals surface area contributed by atoms with E-state index in [1.165, 1.54) is 11.8 Å². The van der Waals surface area contributed by atoms with Crippen molar-refractivity contribution in [1.29, 1.82) is 0 Å². The van der Waals surface area contributed by atoms with E-state index in [4.69, 9.17) is 18.6 Å². The van der Waals surface area contributed by atoms with Gasteiger partial charge in [-0.05, 0) is 38.1 Å². The van der Waals surface area contributed by atoms with Gasteiger partial charge >= 0.3 is 5.97 Å². The molecule has 0 amide bonds. The van der Waals surface area contributed by atoms with Crippen LogP contribution in [0.3, 0.4) is 0 Å². The van der Waals surface area contributed by atoms with Gasteiger partial charge in [0.1, 0.15) is 22.9 Å². The number of carbonyl (C=O) groups is 1. The number of para-hydroxylation sites is 1. The SMILES string of the molecule is CCOC(=O)CSc1nnc(-c2ccc(C)o2)n1-c1c(OC)cccc1OC. The van der Waals surface area contributed by atoms with E-state index in [2.05, 4.69) is 10.2 Å². The zero-order chi connectivity index (χ0) is 20.1. The van der Waals surface area contributed by atoms with Crippen LogP contribution in [-0.2, 0) is 9.53 Å². The summed E-state index contributed by atoms with van der Waals surface area (Å²) in [6.07, 6.45) is 0. The van der Waals surface area contributed by atoms with Crippen molar-refractivity contribution >= 4 is 17.7 Å². The molecule has 8 nitrogen and oxygen atoms in total. The van der Waals surface area contributed by atoms with E-state index in [-0.39, 0.29) is 11.7 Å². The molecule has 0 bridgehead atoms. The second-order valence-electron chi connectivity index (χ2n) is 5.66. The fourth-order valence-corrected chi connectivity index (χ4v) is 3.39. The van der Waals surface area contributed by atoms with Gasteiger partial charge in [-0.3, -0.25) is 9.36 Å². The summed E-state index contributed by atoms with van der Waals surface area (Å²) in [5.41, 5.74) is 0.618. The van der Waals surface area contributed by atoms with Crippen LogP contribution in [0, 0.1) is 6.92 Å². The predicted octanol–water partition coefficient (Wildman–Crippen LogP) is 3.51. The van der Waals surface area contributed by atoms with Crippen LogP contribution in [-0.4, -0.2) is 47.3 Å². The van der Waals surface area contributed by atoms with Crippen molar-refractivity contribution in [2.45, 2.75) is 19.0 Å². The topological polar surface area (TPSA) is 88.6 Å². The first-order valence-corrected chi connectivity index (χ1v) is 9.59. The van der Waals surface area contributed by atoms with Crippen molar-refractivity contribution in [2.75, 3.05) is 26.6 Å². The van der Waals surface area contributed by atoms with Crippen molar-refractivity contribution in [3.63, 3.8) is 0 Å². The highest BCUT2D eigenvalue weighted by Crippen LogP contribution is 2.38. The van der Waals surface area contributed by atoms with E-state index < -0.39 is 0 Å². The van der Waals surface area contributed by atoms with Gasteiger partial charge < -0.3 is 18.6 Å². The third-order valence-electron chi connectivity index (χ3n) is 3.84. The number of aromatic nitrogens is 3. The van der Waals surface area contributed by atoms with E-state index in [0.29, 0.717) is 40.5 Å².